The fourth-order valence-corrected chi connectivity index (χ4v) is 3.00. The molecule has 1 aromatic carbocycles. The molecule has 1 atom stereocenters. The molecule has 7 nitrogen and oxygen atoms in total. The topological polar surface area (TPSA) is 82.0 Å². The largest absolute Gasteiger partial charge is 0.494 e. The van der Waals surface area contributed by atoms with Gasteiger partial charge < -0.3 is 19.6 Å². The van der Waals surface area contributed by atoms with E-state index in [1.807, 2.05) is 32.0 Å². The van der Waals surface area contributed by atoms with E-state index < -0.39 is 0 Å². The zero-order valence-electron chi connectivity index (χ0n) is 14.7. The second kappa shape index (κ2) is 10.1. The number of carbonyl (C=O) groups excluding carboxylic acids is 1. The van der Waals surface area contributed by atoms with Crippen LogP contribution in [0.3, 0.4) is 0 Å². The fourth-order valence-electron chi connectivity index (χ4n) is 1.92. The highest BCUT2D eigenvalue weighted by Gasteiger charge is 2.08. The van der Waals surface area contributed by atoms with Gasteiger partial charge in [-0.25, -0.2) is 4.98 Å². The van der Waals surface area contributed by atoms with Gasteiger partial charge in [0.15, 0.2) is 0 Å². The molecular weight excluding hydrogens is 422 g/mol. The fraction of sp³-hybridized carbons (Fsp3) is 0.353. The van der Waals surface area contributed by atoms with Crippen molar-refractivity contribution in [1.29, 1.82) is 0 Å². The molecule has 0 bridgehead atoms. The smallest absolute Gasteiger partial charge is 0.279 e. The minimum Gasteiger partial charge on any atom is -0.494 e. The third-order valence-corrected chi connectivity index (χ3v) is 4.37. The Morgan fingerprint density at radius 2 is 2.31 bits per heavy atom. The molecule has 0 aliphatic carbocycles. The second-order valence-electron chi connectivity index (χ2n) is 5.29. The summed E-state index contributed by atoms with van der Waals surface area (Å²) in [5, 5.41) is 7.07. The Bertz CT molecular complexity index is 766. The molecule has 140 valence electrons. The van der Waals surface area contributed by atoms with E-state index in [0.717, 1.165) is 15.1 Å². The number of rotatable bonds is 9. The molecule has 1 N–H and O–H groups in total. The SMILES string of the molecule is CCOc1ccc(Oc2ncc(/C=N\OC[C@H](C)NC(C)=O)s2)c(Br)c1. The normalized spacial score (nSPS) is 12.0. The summed E-state index contributed by atoms with van der Waals surface area (Å²) in [5.74, 6) is 1.31. The van der Waals surface area contributed by atoms with Crippen LogP contribution in [-0.4, -0.2) is 36.4 Å². The molecular formula is C17H20BrN3O4S. The lowest BCUT2D eigenvalue weighted by Gasteiger charge is -2.09. The number of hydrogen-bond donors (Lipinski definition) is 1. The molecule has 0 spiro atoms. The molecule has 0 unspecified atom stereocenters. The minimum absolute atomic E-state index is 0.102. The molecule has 26 heavy (non-hydrogen) atoms. The molecule has 0 radical (unpaired) electrons. The Morgan fingerprint density at radius 3 is 3.00 bits per heavy atom. The lowest BCUT2D eigenvalue weighted by molar-refractivity contribution is -0.119. The zero-order chi connectivity index (χ0) is 18.9. The Labute approximate surface area is 164 Å². The van der Waals surface area contributed by atoms with E-state index in [-0.39, 0.29) is 18.6 Å². The summed E-state index contributed by atoms with van der Waals surface area (Å²) in [4.78, 5) is 21.0. The summed E-state index contributed by atoms with van der Waals surface area (Å²) >= 11 is 4.79. The average molecular weight is 442 g/mol. The van der Waals surface area contributed by atoms with Gasteiger partial charge in [-0.2, -0.15) is 0 Å². The van der Waals surface area contributed by atoms with Crippen LogP contribution in [0.2, 0.25) is 0 Å². The number of carbonyl (C=O) groups is 1. The van der Waals surface area contributed by atoms with E-state index in [4.69, 9.17) is 14.3 Å². The predicted molar refractivity (Wildman–Crippen MR) is 104 cm³/mol. The summed E-state index contributed by atoms with van der Waals surface area (Å²) in [6.45, 7) is 6.12. The molecule has 0 fully saturated rings. The van der Waals surface area contributed by atoms with Crippen LogP contribution in [0.1, 0.15) is 25.6 Å². The van der Waals surface area contributed by atoms with Crippen LogP contribution in [0.15, 0.2) is 34.0 Å². The molecule has 0 aliphatic heterocycles. The van der Waals surface area contributed by atoms with E-state index in [2.05, 4.69) is 31.4 Å². The highest BCUT2D eigenvalue weighted by Crippen LogP contribution is 2.34. The Hall–Kier alpha value is -2.13. The number of oxime groups is 1. The van der Waals surface area contributed by atoms with Crippen molar-refractivity contribution in [3.63, 3.8) is 0 Å². The molecule has 0 saturated heterocycles. The van der Waals surface area contributed by atoms with Crippen LogP contribution in [0, 0.1) is 0 Å². The summed E-state index contributed by atoms with van der Waals surface area (Å²) in [6, 6.07) is 5.39. The Kier molecular flexibility index (Phi) is 7.86. The average Bonchev–Trinajstić information content (AvgIpc) is 3.01. The number of amides is 1. The van der Waals surface area contributed by atoms with Gasteiger partial charge in [-0.15, -0.1) is 0 Å². The number of aromatic nitrogens is 1. The molecule has 2 aromatic rings. The number of halogens is 1. The first-order valence-electron chi connectivity index (χ1n) is 7.96. The number of hydrogen-bond acceptors (Lipinski definition) is 7. The maximum absolute atomic E-state index is 10.9. The molecule has 0 saturated carbocycles. The number of thiazole rings is 1. The van der Waals surface area contributed by atoms with Gasteiger partial charge in [0.1, 0.15) is 18.1 Å². The van der Waals surface area contributed by atoms with Crippen molar-refractivity contribution in [1.82, 2.24) is 10.3 Å². The molecule has 1 aromatic heterocycles. The summed E-state index contributed by atoms with van der Waals surface area (Å²) in [6.07, 6.45) is 3.20. The summed E-state index contributed by atoms with van der Waals surface area (Å²) < 4.78 is 12.0. The van der Waals surface area contributed by atoms with Crippen LogP contribution in [0.5, 0.6) is 16.7 Å². The third kappa shape index (κ3) is 6.64. The molecule has 2 rings (SSSR count). The monoisotopic (exact) mass is 441 g/mol. The van der Waals surface area contributed by atoms with Crippen LogP contribution in [-0.2, 0) is 9.63 Å². The number of nitrogens with zero attached hydrogens (tertiary/aromatic N) is 2. The number of ether oxygens (including phenoxy) is 2. The van der Waals surface area contributed by atoms with Crippen molar-refractivity contribution in [2.75, 3.05) is 13.2 Å². The summed E-state index contributed by atoms with van der Waals surface area (Å²) in [5.41, 5.74) is 0. The van der Waals surface area contributed by atoms with Gasteiger partial charge in [0.05, 0.1) is 34.4 Å². The van der Waals surface area contributed by atoms with Crippen molar-refractivity contribution >= 4 is 39.4 Å². The minimum atomic E-state index is -0.109. The third-order valence-electron chi connectivity index (χ3n) is 2.94. The van der Waals surface area contributed by atoms with Crippen LogP contribution < -0.4 is 14.8 Å². The van der Waals surface area contributed by atoms with Gasteiger partial charge in [0.25, 0.3) is 5.19 Å². The second-order valence-corrected chi connectivity index (χ2v) is 7.17. The number of benzene rings is 1. The standard InChI is InChI=1S/C17H20BrN3O4S/c1-4-23-13-5-6-16(15(18)7-13)25-17-19-8-14(26-17)9-20-24-10-11(2)21-12(3)22/h5-9,11H,4,10H2,1-3H3,(H,21,22)/b20-9-/t11-/m0/s1. The van der Waals surface area contributed by atoms with Gasteiger partial charge in [-0.3, -0.25) is 4.79 Å². The maximum Gasteiger partial charge on any atom is 0.279 e. The Balaban J connectivity index is 1.87. The van der Waals surface area contributed by atoms with E-state index >= 15 is 0 Å². The van der Waals surface area contributed by atoms with Crippen molar-refractivity contribution in [3.05, 3.63) is 33.7 Å². The van der Waals surface area contributed by atoms with E-state index in [9.17, 15) is 4.79 Å². The van der Waals surface area contributed by atoms with Gasteiger partial charge in [0.2, 0.25) is 5.91 Å². The van der Waals surface area contributed by atoms with E-state index in [1.54, 1.807) is 12.4 Å². The van der Waals surface area contributed by atoms with Gasteiger partial charge in [-0.1, -0.05) is 16.5 Å². The van der Waals surface area contributed by atoms with Crippen LogP contribution >= 0.6 is 27.3 Å². The van der Waals surface area contributed by atoms with Crippen LogP contribution in [0.25, 0.3) is 0 Å². The van der Waals surface area contributed by atoms with Crippen LogP contribution in [0.4, 0.5) is 0 Å². The van der Waals surface area contributed by atoms with Crippen molar-refractivity contribution in [2.45, 2.75) is 26.8 Å². The first kappa shape index (κ1) is 20.2. The highest BCUT2D eigenvalue weighted by atomic mass is 79.9. The Morgan fingerprint density at radius 1 is 1.50 bits per heavy atom. The van der Waals surface area contributed by atoms with Gasteiger partial charge in [-0.05, 0) is 48.0 Å². The van der Waals surface area contributed by atoms with Gasteiger partial charge >= 0.3 is 0 Å². The first-order chi connectivity index (χ1) is 12.5. The van der Waals surface area contributed by atoms with Crippen molar-refractivity contribution < 1.29 is 19.1 Å². The molecule has 0 aliphatic rings. The zero-order valence-corrected chi connectivity index (χ0v) is 17.1. The molecule has 1 heterocycles. The van der Waals surface area contributed by atoms with Gasteiger partial charge in [0, 0.05) is 6.92 Å². The predicted octanol–water partition coefficient (Wildman–Crippen LogP) is 3.97. The number of nitrogens with one attached hydrogen (secondary N) is 1. The van der Waals surface area contributed by atoms with Crippen molar-refractivity contribution in [3.8, 4) is 16.7 Å². The maximum atomic E-state index is 10.9. The first-order valence-corrected chi connectivity index (χ1v) is 9.57. The molecule has 1 amide bonds. The van der Waals surface area contributed by atoms with E-state index in [0.29, 0.717) is 17.6 Å². The quantitative estimate of drug-likeness (QED) is 0.470. The van der Waals surface area contributed by atoms with E-state index in [1.165, 1.54) is 18.3 Å². The summed E-state index contributed by atoms with van der Waals surface area (Å²) in [7, 11) is 0. The highest BCUT2D eigenvalue weighted by molar-refractivity contribution is 9.10. The van der Waals surface area contributed by atoms with Crippen molar-refractivity contribution in [2.24, 2.45) is 5.16 Å². The lowest BCUT2D eigenvalue weighted by atomic mass is 10.3. The lowest BCUT2D eigenvalue weighted by Crippen LogP contribution is -2.33. The molecule has 9 heteroatoms.